The zero-order chi connectivity index (χ0) is 7.28. The Bertz CT molecular complexity index is 95.1. The van der Waals surface area contributed by atoms with Crippen LogP contribution in [0.4, 0.5) is 0 Å². The highest BCUT2D eigenvalue weighted by molar-refractivity contribution is 7.81. The summed E-state index contributed by atoms with van der Waals surface area (Å²) < 4.78 is 0. The Kier molecular flexibility index (Phi) is 4.58. The summed E-state index contributed by atoms with van der Waals surface area (Å²) >= 11 is 3.92. The Labute approximate surface area is 61.2 Å². The summed E-state index contributed by atoms with van der Waals surface area (Å²) in [4.78, 5) is 10.2. The van der Waals surface area contributed by atoms with Gasteiger partial charge in [-0.05, 0) is 6.42 Å². The van der Waals surface area contributed by atoms with E-state index in [4.69, 9.17) is 5.73 Å². The van der Waals surface area contributed by atoms with Crippen LogP contribution in [0.25, 0.3) is 0 Å². The number of nitrogens with one attached hydrogen (secondary N) is 1. The molecule has 1 amide bonds. The van der Waals surface area contributed by atoms with Crippen LogP contribution in [-0.2, 0) is 4.79 Å². The number of carbonyl (C=O) groups is 1. The zero-order valence-electron chi connectivity index (χ0n) is 5.55. The van der Waals surface area contributed by atoms with Gasteiger partial charge in [-0.15, -0.1) is 0 Å². The number of thiol groups is 1. The summed E-state index contributed by atoms with van der Waals surface area (Å²) in [5.74, 6) is -0.563. The normalized spacial score (nSPS) is 13.1. The summed E-state index contributed by atoms with van der Waals surface area (Å²) in [6, 6.07) is 0. The summed E-state index contributed by atoms with van der Waals surface area (Å²) in [6.07, 6.45) is 2.78. The highest BCUT2D eigenvalue weighted by atomic mass is 32.1. The van der Waals surface area contributed by atoms with E-state index in [0.717, 1.165) is 19.3 Å². The van der Waals surface area contributed by atoms with Gasteiger partial charge in [0.2, 0.25) is 0 Å². The largest absolute Gasteiger partial charge is 0.272 e. The smallest absolute Gasteiger partial charge is 0.251 e. The fourth-order valence-corrected chi connectivity index (χ4v) is 0.711. The minimum atomic E-state index is -0.563. The number of hydrogen-bond donors (Lipinski definition) is 1. The van der Waals surface area contributed by atoms with E-state index in [-0.39, 0.29) is 5.25 Å². The first kappa shape index (κ1) is 8.82. The van der Waals surface area contributed by atoms with Crippen LogP contribution in [0.5, 0.6) is 0 Å². The van der Waals surface area contributed by atoms with Crippen LogP contribution in [0, 0.1) is 0 Å². The molecule has 2 nitrogen and oxygen atoms in total. The van der Waals surface area contributed by atoms with Crippen molar-refractivity contribution in [3.05, 3.63) is 0 Å². The van der Waals surface area contributed by atoms with Crippen molar-refractivity contribution in [2.75, 3.05) is 0 Å². The molecule has 0 heterocycles. The monoisotopic (exact) mass is 146 g/mol. The molecule has 3 heteroatoms. The first-order valence-electron chi connectivity index (χ1n) is 3.12. The van der Waals surface area contributed by atoms with E-state index in [0.29, 0.717) is 0 Å². The van der Waals surface area contributed by atoms with Gasteiger partial charge in [-0.1, -0.05) is 19.8 Å². The molecule has 0 aromatic heterocycles. The Morgan fingerprint density at radius 1 is 1.78 bits per heavy atom. The standard InChI is InChI=1S/C6H12NOS/c1-2-3-4-5(9)6(7)8/h5,7,9H,2-4H2,1H3. The summed E-state index contributed by atoms with van der Waals surface area (Å²) in [7, 11) is 0. The van der Waals surface area contributed by atoms with E-state index in [1.807, 2.05) is 0 Å². The molecule has 0 aliphatic heterocycles. The van der Waals surface area contributed by atoms with Crippen LogP contribution in [0.2, 0.25) is 0 Å². The molecule has 1 atom stereocenters. The summed E-state index contributed by atoms with van der Waals surface area (Å²) in [5, 5.41) is -0.357. The van der Waals surface area contributed by atoms with Gasteiger partial charge in [-0.25, -0.2) is 0 Å². The number of rotatable bonds is 4. The lowest BCUT2D eigenvalue weighted by atomic mass is 10.2. The second kappa shape index (κ2) is 4.68. The molecule has 53 valence electrons. The van der Waals surface area contributed by atoms with Crippen LogP contribution in [0.15, 0.2) is 0 Å². The quantitative estimate of drug-likeness (QED) is 0.596. The van der Waals surface area contributed by atoms with Crippen LogP contribution in [0.3, 0.4) is 0 Å². The van der Waals surface area contributed by atoms with Crippen molar-refractivity contribution in [3.8, 4) is 0 Å². The molecule has 0 aliphatic carbocycles. The third-order valence-corrected chi connectivity index (χ3v) is 1.63. The molecule has 0 aliphatic rings. The van der Waals surface area contributed by atoms with Crippen molar-refractivity contribution in [2.45, 2.75) is 31.4 Å². The van der Waals surface area contributed by atoms with Crippen molar-refractivity contribution >= 4 is 18.5 Å². The van der Waals surface area contributed by atoms with Gasteiger partial charge in [-0.3, -0.25) is 10.5 Å². The first-order chi connectivity index (χ1) is 4.18. The van der Waals surface area contributed by atoms with E-state index in [1.165, 1.54) is 0 Å². The first-order valence-corrected chi connectivity index (χ1v) is 3.63. The zero-order valence-corrected chi connectivity index (χ0v) is 6.45. The molecule has 0 aromatic rings. The molecule has 0 spiro atoms. The molecule has 0 saturated carbocycles. The minimum Gasteiger partial charge on any atom is -0.272 e. The lowest BCUT2D eigenvalue weighted by molar-refractivity contribution is -0.118. The van der Waals surface area contributed by atoms with Gasteiger partial charge in [-0.2, -0.15) is 12.6 Å². The molecule has 0 bridgehead atoms. The predicted octanol–water partition coefficient (Wildman–Crippen LogP) is 1.28. The maximum absolute atomic E-state index is 10.2. The molecule has 9 heavy (non-hydrogen) atoms. The number of amides is 1. The third kappa shape index (κ3) is 4.33. The molecule has 0 rings (SSSR count). The van der Waals surface area contributed by atoms with Gasteiger partial charge in [0, 0.05) is 0 Å². The minimum absolute atomic E-state index is 0.357. The highest BCUT2D eigenvalue weighted by Crippen LogP contribution is 2.05. The second-order valence-electron chi connectivity index (χ2n) is 2.02. The van der Waals surface area contributed by atoms with E-state index >= 15 is 0 Å². The van der Waals surface area contributed by atoms with E-state index in [9.17, 15) is 4.79 Å². The van der Waals surface area contributed by atoms with Gasteiger partial charge in [0.05, 0.1) is 5.25 Å². The van der Waals surface area contributed by atoms with Crippen molar-refractivity contribution in [2.24, 2.45) is 0 Å². The maximum atomic E-state index is 10.2. The van der Waals surface area contributed by atoms with Crippen molar-refractivity contribution in [1.29, 1.82) is 0 Å². The van der Waals surface area contributed by atoms with Crippen LogP contribution >= 0.6 is 12.6 Å². The molecular formula is C6H12NOS. The molecule has 1 N–H and O–H groups in total. The van der Waals surface area contributed by atoms with Crippen LogP contribution in [0.1, 0.15) is 26.2 Å². The van der Waals surface area contributed by atoms with Crippen molar-refractivity contribution in [3.63, 3.8) is 0 Å². The van der Waals surface area contributed by atoms with Gasteiger partial charge in [0.15, 0.2) is 0 Å². The molecule has 0 fully saturated rings. The topological polar surface area (TPSA) is 40.9 Å². The van der Waals surface area contributed by atoms with Gasteiger partial charge in [0.1, 0.15) is 0 Å². The van der Waals surface area contributed by atoms with E-state index in [1.54, 1.807) is 0 Å². The molecule has 1 radical (unpaired) electrons. The summed E-state index contributed by atoms with van der Waals surface area (Å²) in [5.41, 5.74) is 6.65. The number of hydrogen-bond acceptors (Lipinski definition) is 2. The molecule has 0 aromatic carbocycles. The molecule has 0 saturated heterocycles. The average Bonchev–Trinajstić information content (AvgIpc) is 1.82. The fourth-order valence-electron chi connectivity index (χ4n) is 0.529. The van der Waals surface area contributed by atoms with Crippen molar-refractivity contribution in [1.82, 2.24) is 5.73 Å². The van der Waals surface area contributed by atoms with E-state index in [2.05, 4.69) is 19.6 Å². The Morgan fingerprint density at radius 3 is 2.67 bits per heavy atom. The van der Waals surface area contributed by atoms with Gasteiger partial charge >= 0.3 is 0 Å². The molecule has 1 unspecified atom stereocenters. The van der Waals surface area contributed by atoms with E-state index < -0.39 is 5.91 Å². The fraction of sp³-hybridized carbons (Fsp3) is 0.833. The maximum Gasteiger partial charge on any atom is 0.251 e. The molecular weight excluding hydrogens is 134 g/mol. The van der Waals surface area contributed by atoms with Gasteiger partial charge in [0.25, 0.3) is 5.91 Å². The second-order valence-corrected chi connectivity index (χ2v) is 2.65. The predicted molar refractivity (Wildman–Crippen MR) is 40.4 cm³/mol. The van der Waals surface area contributed by atoms with Crippen LogP contribution in [-0.4, -0.2) is 11.2 Å². The highest BCUT2D eigenvalue weighted by Gasteiger charge is 2.07. The summed E-state index contributed by atoms with van der Waals surface area (Å²) in [6.45, 7) is 2.05. The SMILES string of the molecule is CCCCC(S)C([NH])=O. The Morgan fingerprint density at radius 2 is 2.33 bits per heavy atom. The average molecular weight is 146 g/mol. The van der Waals surface area contributed by atoms with Crippen LogP contribution < -0.4 is 5.73 Å². The number of carbonyl (C=O) groups excluding carboxylic acids is 1. The number of unbranched alkanes of at least 4 members (excludes halogenated alkanes) is 1. The van der Waals surface area contributed by atoms with Crippen molar-refractivity contribution < 1.29 is 4.79 Å². The third-order valence-electron chi connectivity index (χ3n) is 1.13. The Hall–Kier alpha value is -0.180. The van der Waals surface area contributed by atoms with Gasteiger partial charge < -0.3 is 0 Å². The lowest BCUT2D eigenvalue weighted by Gasteiger charge is -2.01. The lowest BCUT2D eigenvalue weighted by Crippen LogP contribution is -2.14. The Balaban J connectivity index is 3.27.